The highest BCUT2D eigenvalue weighted by Crippen LogP contribution is 2.19. The molecule has 1 amide bonds. The van der Waals surface area contributed by atoms with Gasteiger partial charge in [-0.25, -0.2) is 4.98 Å². The van der Waals surface area contributed by atoms with Crippen molar-refractivity contribution in [2.24, 2.45) is 5.92 Å². The fraction of sp³-hybridized carbons (Fsp3) is 0.625. The maximum absolute atomic E-state index is 12.0. The van der Waals surface area contributed by atoms with Gasteiger partial charge in [-0.3, -0.25) is 4.79 Å². The number of nitrogens with one attached hydrogen (secondary N) is 1. The number of pyridine rings is 1. The van der Waals surface area contributed by atoms with Gasteiger partial charge in [-0.05, 0) is 32.8 Å². The predicted octanol–water partition coefficient (Wildman–Crippen LogP) is 2.40. The molecule has 118 valence electrons. The molecule has 1 heterocycles. The van der Waals surface area contributed by atoms with Crippen LogP contribution in [0.15, 0.2) is 18.3 Å². The largest absolute Gasteiger partial charge is 0.475 e. The second-order valence-electron chi connectivity index (χ2n) is 5.90. The molecule has 0 spiro atoms. The minimum Gasteiger partial charge on any atom is -0.475 e. The van der Waals surface area contributed by atoms with E-state index in [2.05, 4.69) is 10.3 Å². The van der Waals surface area contributed by atoms with Gasteiger partial charge in [0.15, 0.2) is 0 Å². The van der Waals surface area contributed by atoms with Gasteiger partial charge in [0.05, 0.1) is 17.3 Å². The molecule has 5 heteroatoms. The molecule has 2 atom stereocenters. The SMILES string of the molecule is CCC(C)C(C)(O)CNC(=O)c1ccc(OC(C)C)nc1. The van der Waals surface area contributed by atoms with Crippen molar-refractivity contribution < 1.29 is 14.6 Å². The second kappa shape index (κ2) is 7.41. The van der Waals surface area contributed by atoms with Crippen molar-refractivity contribution in [2.45, 2.75) is 52.7 Å². The summed E-state index contributed by atoms with van der Waals surface area (Å²) in [5, 5.41) is 13.0. The molecule has 0 aliphatic carbocycles. The molecule has 0 aliphatic rings. The van der Waals surface area contributed by atoms with Crippen LogP contribution in [-0.2, 0) is 0 Å². The van der Waals surface area contributed by atoms with Crippen molar-refractivity contribution >= 4 is 5.91 Å². The monoisotopic (exact) mass is 294 g/mol. The van der Waals surface area contributed by atoms with Gasteiger partial charge in [0.1, 0.15) is 0 Å². The number of aromatic nitrogens is 1. The molecule has 21 heavy (non-hydrogen) atoms. The lowest BCUT2D eigenvalue weighted by molar-refractivity contribution is 0.00592. The zero-order chi connectivity index (χ0) is 16.0. The number of aliphatic hydroxyl groups is 1. The molecule has 0 aromatic carbocycles. The number of carbonyl (C=O) groups is 1. The topological polar surface area (TPSA) is 71.5 Å². The lowest BCUT2D eigenvalue weighted by atomic mass is 9.88. The quantitative estimate of drug-likeness (QED) is 0.810. The third kappa shape index (κ3) is 5.34. The van der Waals surface area contributed by atoms with Crippen LogP contribution in [-0.4, -0.2) is 34.2 Å². The molecule has 0 radical (unpaired) electrons. The number of hydrogen-bond acceptors (Lipinski definition) is 4. The van der Waals surface area contributed by atoms with Gasteiger partial charge in [-0.2, -0.15) is 0 Å². The Balaban J connectivity index is 2.60. The van der Waals surface area contributed by atoms with Crippen molar-refractivity contribution in [3.8, 4) is 5.88 Å². The first-order valence-corrected chi connectivity index (χ1v) is 7.39. The van der Waals surface area contributed by atoms with Crippen LogP contribution < -0.4 is 10.1 Å². The summed E-state index contributed by atoms with van der Waals surface area (Å²) in [5.41, 5.74) is -0.468. The van der Waals surface area contributed by atoms with E-state index in [1.54, 1.807) is 19.1 Å². The van der Waals surface area contributed by atoms with E-state index in [9.17, 15) is 9.90 Å². The van der Waals surface area contributed by atoms with Gasteiger partial charge < -0.3 is 15.2 Å². The summed E-state index contributed by atoms with van der Waals surface area (Å²) in [6.45, 7) is 9.76. The van der Waals surface area contributed by atoms with E-state index >= 15 is 0 Å². The number of carbonyl (C=O) groups excluding carboxylic acids is 1. The standard InChI is InChI=1S/C16H26N2O3/c1-6-12(4)16(5,20)10-18-15(19)13-7-8-14(17-9-13)21-11(2)3/h7-9,11-12,20H,6,10H2,1-5H3,(H,18,19). The molecule has 0 aliphatic heterocycles. The van der Waals surface area contributed by atoms with Crippen LogP contribution in [0.2, 0.25) is 0 Å². The maximum Gasteiger partial charge on any atom is 0.252 e. The highest BCUT2D eigenvalue weighted by Gasteiger charge is 2.27. The first kappa shape index (κ1) is 17.4. The van der Waals surface area contributed by atoms with Crippen molar-refractivity contribution in [3.63, 3.8) is 0 Å². The van der Waals surface area contributed by atoms with E-state index in [1.165, 1.54) is 6.20 Å². The van der Waals surface area contributed by atoms with E-state index < -0.39 is 5.60 Å². The summed E-state index contributed by atoms with van der Waals surface area (Å²) < 4.78 is 5.43. The fourth-order valence-electron chi connectivity index (χ4n) is 1.80. The van der Waals surface area contributed by atoms with Crippen molar-refractivity contribution in [2.75, 3.05) is 6.54 Å². The molecule has 1 aromatic rings. The number of amides is 1. The summed E-state index contributed by atoms with van der Waals surface area (Å²) in [7, 11) is 0. The third-order valence-electron chi connectivity index (χ3n) is 3.64. The normalized spacial score (nSPS) is 15.4. The van der Waals surface area contributed by atoms with Gasteiger partial charge in [0.2, 0.25) is 5.88 Å². The summed E-state index contributed by atoms with van der Waals surface area (Å²) >= 11 is 0. The minimum absolute atomic E-state index is 0.0443. The first-order chi connectivity index (χ1) is 9.76. The molecule has 1 aromatic heterocycles. The van der Waals surface area contributed by atoms with E-state index in [0.29, 0.717) is 11.4 Å². The van der Waals surface area contributed by atoms with Gasteiger partial charge in [-0.1, -0.05) is 20.3 Å². The molecule has 5 nitrogen and oxygen atoms in total. The molecule has 1 rings (SSSR count). The number of nitrogens with zero attached hydrogens (tertiary/aromatic N) is 1. The maximum atomic E-state index is 12.0. The van der Waals surface area contributed by atoms with E-state index in [4.69, 9.17) is 4.74 Å². The van der Waals surface area contributed by atoms with E-state index in [0.717, 1.165) is 6.42 Å². The van der Waals surface area contributed by atoms with Crippen molar-refractivity contribution in [1.29, 1.82) is 0 Å². The van der Waals surface area contributed by atoms with Crippen LogP contribution in [0.1, 0.15) is 51.4 Å². The predicted molar refractivity (Wildman–Crippen MR) is 82.4 cm³/mol. The number of hydrogen-bond donors (Lipinski definition) is 2. The van der Waals surface area contributed by atoms with Crippen LogP contribution in [0.3, 0.4) is 0 Å². The molecule has 0 fully saturated rings. The Hall–Kier alpha value is -1.62. The Morgan fingerprint density at radius 2 is 2.10 bits per heavy atom. The molecular formula is C16H26N2O3. The summed E-state index contributed by atoms with van der Waals surface area (Å²) in [5.74, 6) is 0.355. The average Bonchev–Trinajstić information content (AvgIpc) is 2.44. The van der Waals surface area contributed by atoms with Gasteiger partial charge in [-0.15, -0.1) is 0 Å². The molecule has 0 saturated carbocycles. The zero-order valence-corrected chi connectivity index (χ0v) is 13.5. The van der Waals surface area contributed by atoms with Gasteiger partial charge in [0, 0.05) is 18.8 Å². The second-order valence-corrected chi connectivity index (χ2v) is 5.90. The number of ether oxygens (including phenoxy) is 1. The Kier molecular flexibility index (Phi) is 6.15. The summed E-state index contributed by atoms with van der Waals surface area (Å²) in [4.78, 5) is 16.1. The highest BCUT2D eigenvalue weighted by atomic mass is 16.5. The molecule has 0 bridgehead atoms. The number of rotatable bonds is 7. The zero-order valence-electron chi connectivity index (χ0n) is 13.5. The third-order valence-corrected chi connectivity index (χ3v) is 3.64. The van der Waals surface area contributed by atoms with Crippen molar-refractivity contribution in [1.82, 2.24) is 10.3 Å². The Morgan fingerprint density at radius 1 is 1.43 bits per heavy atom. The molecule has 2 N–H and O–H groups in total. The smallest absolute Gasteiger partial charge is 0.252 e. The summed E-state index contributed by atoms with van der Waals surface area (Å²) in [6, 6.07) is 3.33. The van der Waals surface area contributed by atoms with E-state index in [-0.39, 0.29) is 24.5 Å². The highest BCUT2D eigenvalue weighted by molar-refractivity contribution is 5.93. The van der Waals surface area contributed by atoms with Crippen LogP contribution in [0.4, 0.5) is 0 Å². The molecule has 0 saturated heterocycles. The Morgan fingerprint density at radius 3 is 2.57 bits per heavy atom. The lowest BCUT2D eigenvalue weighted by Crippen LogP contribution is -2.45. The van der Waals surface area contributed by atoms with Gasteiger partial charge >= 0.3 is 0 Å². The van der Waals surface area contributed by atoms with E-state index in [1.807, 2.05) is 27.7 Å². The van der Waals surface area contributed by atoms with Crippen LogP contribution in [0.5, 0.6) is 5.88 Å². The average molecular weight is 294 g/mol. The van der Waals surface area contributed by atoms with Crippen LogP contribution in [0, 0.1) is 5.92 Å². The Labute approximate surface area is 126 Å². The van der Waals surface area contributed by atoms with Crippen LogP contribution in [0.25, 0.3) is 0 Å². The summed E-state index contributed by atoms with van der Waals surface area (Å²) in [6.07, 6.45) is 2.37. The molecule has 2 unspecified atom stereocenters. The van der Waals surface area contributed by atoms with Gasteiger partial charge in [0.25, 0.3) is 5.91 Å². The van der Waals surface area contributed by atoms with Crippen LogP contribution >= 0.6 is 0 Å². The lowest BCUT2D eigenvalue weighted by Gasteiger charge is -2.29. The first-order valence-electron chi connectivity index (χ1n) is 7.39. The van der Waals surface area contributed by atoms with Crippen molar-refractivity contribution in [3.05, 3.63) is 23.9 Å². The fourth-order valence-corrected chi connectivity index (χ4v) is 1.80. The Bertz CT molecular complexity index is 455. The minimum atomic E-state index is -0.918. The molecular weight excluding hydrogens is 268 g/mol.